The molecule has 0 unspecified atom stereocenters. The van der Waals surface area contributed by atoms with Gasteiger partial charge in [0.05, 0.1) is 13.2 Å². The summed E-state index contributed by atoms with van der Waals surface area (Å²) in [6.45, 7) is 0.737. The first-order chi connectivity index (χ1) is 7.61. The zero-order valence-electron chi connectivity index (χ0n) is 9.23. The second-order valence-corrected chi connectivity index (χ2v) is 3.14. The van der Waals surface area contributed by atoms with E-state index in [4.69, 9.17) is 14.9 Å². The van der Waals surface area contributed by atoms with Crippen molar-refractivity contribution < 1.29 is 24.5 Å². The lowest BCUT2D eigenvalue weighted by molar-refractivity contribution is -0.142. The van der Waals surface area contributed by atoms with Crippen molar-refractivity contribution in [3.05, 3.63) is 0 Å². The fraction of sp³-hybridized carbons (Fsp3) is 0.778. The van der Waals surface area contributed by atoms with E-state index in [1.54, 1.807) is 7.11 Å². The third kappa shape index (κ3) is 7.16. The molecule has 0 heterocycles. The van der Waals surface area contributed by atoms with Gasteiger partial charge in [-0.3, -0.25) is 4.79 Å². The van der Waals surface area contributed by atoms with Crippen LogP contribution in [0.15, 0.2) is 0 Å². The van der Waals surface area contributed by atoms with Gasteiger partial charge < -0.3 is 25.6 Å². The number of carbonyl (C=O) groups excluding carboxylic acids is 1. The fourth-order valence-electron chi connectivity index (χ4n) is 1.01. The molecule has 4 N–H and O–H groups in total. The second-order valence-electron chi connectivity index (χ2n) is 3.14. The number of amides is 1. The molecule has 0 saturated heterocycles. The Kier molecular flexibility index (Phi) is 8.41. The maximum atomic E-state index is 11.2. The van der Waals surface area contributed by atoms with Gasteiger partial charge in [-0.15, -0.1) is 0 Å². The van der Waals surface area contributed by atoms with E-state index in [0.29, 0.717) is 13.2 Å². The van der Waals surface area contributed by atoms with Crippen LogP contribution in [0.25, 0.3) is 0 Å². The Hall–Kier alpha value is -1.18. The van der Waals surface area contributed by atoms with Gasteiger partial charge in [0.1, 0.15) is 6.04 Å². The van der Waals surface area contributed by atoms with Crippen molar-refractivity contribution in [1.29, 1.82) is 0 Å². The SMILES string of the molecule is COCCNCC(=O)N[C@H](CCO)C(=O)O. The van der Waals surface area contributed by atoms with E-state index in [1.807, 2.05) is 0 Å². The number of hydrogen-bond acceptors (Lipinski definition) is 5. The number of rotatable bonds is 9. The Labute approximate surface area is 93.8 Å². The summed E-state index contributed by atoms with van der Waals surface area (Å²) < 4.78 is 4.76. The lowest BCUT2D eigenvalue weighted by Crippen LogP contribution is -2.45. The highest BCUT2D eigenvalue weighted by molar-refractivity contribution is 5.84. The molecule has 1 amide bonds. The minimum Gasteiger partial charge on any atom is -0.480 e. The normalized spacial score (nSPS) is 12.1. The number of ether oxygens (including phenoxy) is 1. The van der Waals surface area contributed by atoms with Crippen LogP contribution in [-0.2, 0) is 14.3 Å². The maximum Gasteiger partial charge on any atom is 0.326 e. The van der Waals surface area contributed by atoms with E-state index < -0.39 is 17.9 Å². The number of methoxy groups -OCH3 is 1. The molecule has 0 aromatic heterocycles. The summed E-state index contributed by atoms with van der Waals surface area (Å²) in [6.07, 6.45) is -0.000849. The standard InChI is InChI=1S/C9H18N2O5/c1-16-5-3-10-6-8(13)11-7(2-4-12)9(14)15/h7,10,12H,2-6H2,1H3,(H,11,13)(H,14,15)/t7-/m1/s1. The summed E-state index contributed by atoms with van der Waals surface area (Å²) >= 11 is 0. The van der Waals surface area contributed by atoms with E-state index >= 15 is 0 Å². The van der Waals surface area contributed by atoms with E-state index in [9.17, 15) is 9.59 Å². The third-order valence-corrected chi connectivity index (χ3v) is 1.82. The molecule has 0 fully saturated rings. The van der Waals surface area contributed by atoms with Crippen LogP contribution in [0, 0.1) is 0 Å². The molecule has 16 heavy (non-hydrogen) atoms. The van der Waals surface area contributed by atoms with Crippen molar-refractivity contribution in [1.82, 2.24) is 10.6 Å². The molecule has 0 saturated carbocycles. The summed E-state index contributed by atoms with van der Waals surface area (Å²) in [4.78, 5) is 21.9. The summed E-state index contributed by atoms with van der Waals surface area (Å²) in [5.74, 6) is -1.57. The summed E-state index contributed by atoms with van der Waals surface area (Å²) in [5.41, 5.74) is 0. The number of carbonyl (C=O) groups is 2. The van der Waals surface area contributed by atoms with Gasteiger partial charge in [0.25, 0.3) is 0 Å². The number of aliphatic hydroxyl groups is 1. The monoisotopic (exact) mass is 234 g/mol. The minimum absolute atomic E-state index is 0.000849. The van der Waals surface area contributed by atoms with E-state index in [0.717, 1.165) is 0 Å². The number of aliphatic hydroxyl groups excluding tert-OH is 1. The van der Waals surface area contributed by atoms with Gasteiger partial charge >= 0.3 is 5.97 Å². The molecule has 0 rings (SSSR count). The Morgan fingerprint density at radius 2 is 2.12 bits per heavy atom. The lowest BCUT2D eigenvalue weighted by Gasteiger charge is -2.13. The van der Waals surface area contributed by atoms with Crippen LogP contribution < -0.4 is 10.6 Å². The topological polar surface area (TPSA) is 108 Å². The van der Waals surface area contributed by atoms with Gasteiger partial charge in [0.15, 0.2) is 0 Å². The molecule has 7 heteroatoms. The minimum atomic E-state index is -1.15. The molecule has 0 bridgehead atoms. The number of aliphatic carboxylic acids is 1. The van der Waals surface area contributed by atoms with Gasteiger partial charge in [-0.2, -0.15) is 0 Å². The van der Waals surface area contributed by atoms with Crippen molar-refractivity contribution in [2.24, 2.45) is 0 Å². The first-order valence-corrected chi connectivity index (χ1v) is 4.94. The number of nitrogens with one attached hydrogen (secondary N) is 2. The average molecular weight is 234 g/mol. The molecule has 0 radical (unpaired) electrons. The Balaban J connectivity index is 3.77. The Morgan fingerprint density at radius 1 is 1.44 bits per heavy atom. The quantitative estimate of drug-likeness (QED) is 0.350. The van der Waals surface area contributed by atoms with Crippen LogP contribution in [-0.4, -0.2) is 61.5 Å². The van der Waals surface area contributed by atoms with Crippen LogP contribution in [0.1, 0.15) is 6.42 Å². The molecule has 0 spiro atoms. The highest BCUT2D eigenvalue weighted by atomic mass is 16.5. The average Bonchev–Trinajstić information content (AvgIpc) is 2.23. The number of hydrogen-bond donors (Lipinski definition) is 4. The summed E-state index contributed by atoms with van der Waals surface area (Å²) in [5, 5.41) is 22.4. The first kappa shape index (κ1) is 14.8. The van der Waals surface area contributed by atoms with E-state index in [2.05, 4.69) is 10.6 Å². The number of carboxylic acid groups (broad SMARTS) is 1. The third-order valence-electron chi connectivity index (χ3n) is 1.82. The summed E-state index contributed by atoms with van der Waals surface area (Å²) in [7, 11) is 1.55. The van der Waals surface area contributed by atoms with Crippen LogP contribution in [0.3, 0.4) is 0 Å². The summed E-state index contributed by atoms with van der Waals surface area (Å²) in [6, 6.07) is -1.04. The fourth-order valence-corrected chi connectivity index (χ4v) is 1.01. The molecule has 0 aliphatic heterocycles. The van der Waals surface area contributed by atoms with Crippen LogP contribution in [0.2, 0.25) is 0 Å². The van der Waals surface area contributed by atoms with Gasteiger partial charge in [-0.1, -0.05) is 0 Å². The van der Waals surface area contributed by atoms with Crippen molar-refractivity contribution in [2.75, 3.05) is 33.4 Å². The molecular formula is C9H18N2O5. The largest absolute Gasteiger partial charge is 0.480 e. The molecule has 7 nitrogen and oxygen atoms in total. The predicted molar refractivity (Wildman–Crippen MR) is 56.0 cm³/mol. The van der Waals surface area contributed by atoms with Crippen molar-refractivity contribution in [3.63, 3.8) is 0 Å². The van der Waals surface area contributed by atoms with Gasteiger partial charge in [0, 0.05) is 26.7 Å². The van der Waals surface area contributed by atoms with Gasteiger partial charge in [-0.05, 0) is 0 Å². The highest BCUT2D eigenvalue weighted by Crippen LogP contribution is 1.90. The van der Waals surface area contributed by atoms with Crippen molar-refractivity contribution >= 4 is 11.9 Å². The highest BCUT2D eigenvalue weighted by Gasteiger charge is 2.18. The van der Waals surface area contributed by atoms with Crippen LogP contribution >= 0.6 is 0 Å². The van der Waals surface area contributed by atoms with Crippen LogP contribution in [0.4, 0.5) is 0 Å². The number of carboxylic acids is 1. The van der Waals surface area contributed by atoms with Gasteiger partial charge in [-0.25, -0.2) is 4.79 Å². The zero-order chi connectivity index (χ0) is 12.4. The maximum absolute atomic E-state index is 11.2. The van der Waals surface area contributed by atoms with Crippen molar-refractivity contribution in [3.8, 4) is 0 Å². The molecule has 0 aliphatic carbocycles. The smallest absolute Gasteiger partial charge is 0.326 e. The Bertz CT molecular complexity index is 222. The second kappa shape index (κ2) is 9.08. The molecule has 1 atom stereocenters. The zero-order valence-corrected chi connectivity index (χ0v) is 9.23. The van der Waals surface area contributed by atoms with E-state index in [1.165, 1.54) is 0 Å². The predicted octanol–water partition coefficient (Wildman–Crippen LogP) is -1.83. The molecule has 0 aliphatic rings. The first-order valence-electron chi connectivity index (χ1n) is 4.94. The molecule has 0 aromatic rings. The van der Waals surface area contributed by atoms with Crippen LogP contribution in [0.5, 0.6) is 0 Å². The van der Waals surface area contributed by atoms with Crippen molar-refractivity contribution in [2.45, 2.75) is 12.5 Å². The molecule has 0 aromatic carbocycles. The molecular weight excluding hydrogens is 216 g/mol. The Morgan fingerprint density at radius 3 is 2.62 bits per heavy atom. The lowest BCUT2D eigenvalue weighted by atomic mass is 10.2. The van der Waals surface area contributed by atoms with E-state index in [-0.39, 0.29) is 19.6 Å². The van der Waals surface area contributed by atoms with Gasteiger partial charge in [0.2, 0.25) is 5.91 Å². The molecule has 94 valence electrons.